The molecule has 142 valence electrons. The molecule has 3 heteroatoms. The molecule has 28 heavy (non-hydrogen) atoms. The number of hydrogen-bond donors (Lipinski definition) is 0. The molecule has 3 aromatic rings. The molecule has 0 radical (unpaired) electrons. The summed E-state index contributed by atoms with van der Waals surface area (Å²) in [5.41, 5.74) is 2.69. The number of halogens is 2. The van der Waals surface area contributed by atoms with Gasteiger partial charge in [-0.25, -0.2) is 12.2 Å². The summed E-state index contributed by atoms with van der Waals surface area (Å²) in [6.07, 6.45) is 16.5. The van der Waals surface area contributed by atoms with Crippen LogP contribution in [0.4, 0.5) is 0 Å². The Balaban J connectivity index is 0.000000302. The predicted octanol–water partition coefficient (Wildman–Crippen LogP) is 0.316. The quantitative estimate of drug-likeness (QED) is 0.319. The van der Waals surface area contributed by atoms with Crippen LogP contribution in [0.25, 0.3) is 21.5 Å². The summed E-state index contributed by atoms with van der Waals surface area (Å²) in [4.78, 5) is 0. The summed E-state index contributed by atoms with van der Waals surface area (Å²) in [6.45, 7) is 4.25. The first-order chi connectivity index (χ1) is 12.7. The van der Waals surface area contributed by atoms with E-state index in [9.17, 15) is 0 Å². The van der Waals surface area contributed by atoms with E-state index in [1.54, 1.807) is 24.2 Å². The van der Waals surface area contributed by atoms with Crippen molar-refractivity contribution in [2.75, 3.05) is 0 Å². The molecule has 0 aliphatic heterocycles. The van der Waals surface area contributed by atoms with E-state index in [4.69, 9.17) is 0 Å². The van der Waals surface area contributed by atoms with Crippen molar-refractivity contribution in [3.05, 3.63) is 96.1 Å². The molecule has 0 amide bonds. The van der Waals surface area contributed by atoms with E-state index in [0.29, 0.717) is 0 Å². The van der Waals surface area contributed by atoms with E-state index in [1.807, 2.05) is 12.2 Å². The van der Waals surface area contributed by atoms with Crippen molar-refractivity contribution in [3.63, 3.8) is 0 Å². The molecule has 0 heterocycles. The average Bonchev–Trinajstić information content (AvgIpc) is 3.35. The van der Waals surface area contributed by atoms with E-state index < -0.39 is 0 Å². The van der Waals surface area contributed by atoms with Crippen molar-refractivity contribution in [2.24, 2.45) is 0 Å². The molecule has 0 spiro atoms. The number of fused-ring (bicyclic) bond motifs is 5. The molecule has 2 aliphatic carbocycles. The first-order valence-electron chi connectivity index (χ1n) is 8.92. The molecule has 0 nitrogen and oxygen atoms in total. The van der Waals surface area contributed by atoms with Crippen molar-refractivity contribution < 1.29 is 49.0 Å². The summed E-state index contributed by atoms with van der Waals surface area (Å²) >= 11 is 1.55. The van der Waals surface area contributed by atoms with Gasteiger partial charge in [-0.2, -0.15) is 29.9 Å². The minimum absolute atomic E-state index is 0. The van der Waals surface area contributed by atoms with Crippen LogP contribution in [0.5, 0.6) is 0 Å². The van der Waals surface area contributed by atoms with Gasteiger partial charge in [-0.05, 0) is 16.2 Å². The minimum Gasteiger partial charge on any atom is -1.00 e. The second-order valence-corrected chi connectivity index (χ2v) is 8.99. The van der Waals surface area contributed by atoms with Crippen LogP contribution < -0.4 is 24.8 Å². The summed E-state index contributed by atoms with van der Waals surface area (Å²) in [7, 11) is 0. The van der Waals surface area contributed by atoms with E-state index in [-0.39, 0.29) is 24.8 Å². The van der Waals surface area contributed by atoms with Crippen molar-refractivity contribution in [1.29, 1.82) is 0 Å². The number of rotatable bonds is 0. The Morgan fingerprint density at radius 2 is 1.61 bits per heavy atom. The van der Waals surface area contributed by atoms with Crippen LogP contribution in [0.3, 0.4) is 0 Å². The largest absolute Gasteiger partial charge is 1.00 e. The summed E-state index contributed by atoms with van der Waals surface area (Å²) in [5.74, 6) is 0. The molecule has 0 saturated carbocycles. The van der Waals surface area contributed by atoms with E-state index >= 15 is 0 Å². The summed E-state index contributed by atoms with van der Waals surface area (Å²) < 4.78 is 1.51. The molecule has 0 aromatic heterocycles. The SMILES string of the molecule is C[C](C)=[Zr+2].[C-]1=CC=CC1.[C-]1=CCc2c1ccc1ccc3ccccc3c21.[Cl-].[Cl-]. The normalized spacial score (nSPS) is 12.3. The van der Waals surface area contributed by atoms with Gasteiger partial charge in [0.05, 0.1) is 0 Å². The van der Waals surface area contributed by atoms with Crippen molar-refractivity contribution in [3.8, 4) is 0 Å². The molecule has 3 aromatic carbocycles. The Morgan fingerprint density at radius 1 is 0.929 bits per heavy atom. The van der Waals surface area contributed by atoms with Gasteiger partial charge in [-0.3, -0.25) is 6.08 Å². The monoisotopic (exact) mass is 482 g/mol. The van der Waals surface area contributed by atoms with Crippen LogP contribution in [0, 0.1) is 12.2 Å². The van der Waals surface area contributed by atoms with E-state index in [0.717, 1.165) is 12.8 Å². The van der Waals surface area contributed by atoms with Gasteiger partial charge in [0.2, 0.25) is 0 Å². The van der Waals surface area contributed by atoms with Crippen LogP contribution in [0.15, 0.2) is 72.8 Å². The van der Waals surface area contributed by atoms with Crippen molar-refractivity contribution in [2.45, 2.75) is 26.7 Å². The maximum Gasteiger partial charge on any atom is -0.0188 e. The van der Waals surface area contributed by atoms with Crippen LogP contribution in [-0.2, 0) is 30.7 Å². The van der Waals surface area contributed by atoms with Gasteiger partial charge in [-0.1, -0.05) is 48.2 Å². The zero-order valence-corrected chi connectivity index (χ0v) is 20.1. The molecule has 0 saturated heterocycles. The molecule has 0 atom stereocenters. The number of allylic oxidation sites excluding steroid dienone is 5. The molecule has 2 aliphatic rings. The van der Waals surface area contributed by atoms with Crippen LogP contribution >= 0.6 is 0 Å². The molecular formula is C25H22Cl2Zr-2. The van der Waals surface area contributed by atoms with Crippen LogP contribution in [0.2, 0.25) is 0 Å². The Kier molecular flexibility index (Phi) is 10.9. The third-order valence-electron chi connectivity index (χ3n) is 4.17. The van der Waals surface area contributed by atoms with Crippen LogP contribution in [-0.4, -0.2) is 3.21 Å². The Hall–Kier alpha value is -1.27. The molecule has 0 N–H and O–H groups in total. The smallest absolute Gasteiger partial charge is 0.0188 e. The van der Waals surface area contributed by atoms with Gasteiger partial charge in [0.25, 0.3) is 0 Å². The topological polar surface area (TPSA) is 0 Å². The predicted molar refractivity (Wildman–Crippen MR) is 110 cm³/mol. The van der Waals surface area contributed by atoms with Gasteiger partial charge >= 0.3 is 41.3 Å². The molecule has 0 bridgehead atoms. The number of hydrogen-bond acceptors (Lipinski definition) is 0. The Morgan fingerprint density at radius 3 is 2.25 bits per heavy atom. The van der Waals surface area contributed by atoms with Gasteiger partial charge in [-0.15, -0.1) is 18.1 Å². The first kappa shape index (κ1) is 24.8. The molecule has 0 unspecified atom stereocenters. The minimum atomic E-state index is 0. The maximum absolute atomic E-state index is 3.33. The van der Waals surface area contributed by atoms with Gasteiger partial charge in [0, 0.05) is 0 Å². The average molecular weight is 485 g/mol. The fraction of sp³-hybridized carbons (Fsp3) is 0.160. The van der Waals surface area contributed by atoms with Crippen molar-refractivity contribution >= 4 is 24.8 Å². The third-order valence-corrected chi connectivity index (χ3v) is 4.17. The molecule has 5 rings (SSSR count). The van der Waals surface area contributed by atoms with Gasteiger partial charge < -0.3 is 24.8 Å². The summed E-state index contributed by atoms with van der Waals surface area (Å²) in [5, 5.41) is 5.42. The van der Waals surface area contributed by atoms with E-state index in [1.165, 1.54) is 35.9 Å². The Bertz CT molecular complexity index is 1020. The maximum atomic E-state index is 3.33. The number of benzene rings is 3. The fourth-order valence-electron chi connectivity index (χ4n) is 3.12. The van der Waals surface area contributed by atoms with Gasteiger partial charge in [0.15, 0.2) is 0 Å². The second kappa shape index (κ2) is 12.3. The molecule has 0 fully saturated rings. The van der Waals surface area contributed by atoms with Crippen molar-refractivity contribution in [1.82, 2.24) is 0 Å². The van der Waals surface area contributed by atoms with E-state index in [2.05, 4.69) is 86.7 Å². The molecular weight excluding hydrogens is 462 g/mol. The Labute approximate surface area is 195 Å². The second-order valence-electron chi connectivity index (χ2n) is 6.53. The fourth-order valence-corrected chi connectivity index (χ4v) is 3.12. The first-order valence-corrected chi connectivity index (χ1v) is 10.1. The van der Waals surface area contributed by atoms with Crippen LogP contribution in [0.1, 0.15) is 31.4 Å². The third kappa shape index (κ3) is 6.38. The zero-order valence-electron chi connectivity index (χ0n) is 16.1. The standard InChI is InChI=1S/C17H11.C5H5.C3H6.2ClH.Zr/c1-2-6-15-12(4-1)8-10-14-11-9-13-5-3-7-16(13)17(14)15;1-2-4-5-3-1;1-3-2;;;/h1-4,6,8-11H,7H2;1-3H,4H2;1-2H3;2*1H;/q2*-1;;;;+2/p-2. The zero-order chi connectivity index (χ0) is 18.4. The summed E-state index contributed by atoms with van der Waals surface area (Å²) in [6, 6.07) is 17.4. The van der Waals surface area contributed by atoms with Gasteiger partial charge in [0.1, 0.15) is 0 Å².